The van der Waals surface area contributed by atoms with Gasteiger partial charge in [0.05, 0.1) is 0 Å². The molecule has 0 aliphatic heterocycles. The molecule has 0 aromatic rings. The van der Waals surface area contributed by atoms with E-state index >= 15 is 0 Å². The molecule has 0 spiro atoms. The average molecular weight is 101 g/mol. The van der Waals surface area contributed by atoms with Crippen LogP contribution in [0.3, 0.4) is 0 Å². The maximum absolute atomic E-state index is 0. The normalized spacial score (nSPS) is 0. The van der Waals surface area contributed by atoms with E-state index in [2.05, 4.69) is 0 Å². The molecule has 3 nitrogen and oxygen atoms in total. The van der Waals surface area contributed by atoms with E-state index in [4.69, 9.17) is 0 Å². The van der Waals surface area contributed by atoms with Gasteiger partial charge in [-0.15, -0.1) is 0 Å². The zero-order valence-electron chi connectivity index (χ0n) is 2.92. The monoisotopic (exact) mass is 101 g/mol. The second kappa shape index (κ2) is 52.8. The van der Waals surface area contributed by atoms with Crippen molar-refractivity contribution in [2.75, 3.05) is 0 Å². The van der Waals surface area contributed by atoms with Crippen molar-refractivity contribution in [2.45, 2.75) is 0 Å². The fourth-order valence-electron chi connectivity index (χ4n) is 0. The van der Waals surface area contributed by atoms with Gasteiger partial charge < -0.3 is 16.4 Å². The van der Waals surface area contributed by atoms with E-state index in [0.717, 1.165) is 0 Å². The Morgan fingerprint density at radius 3 is 0.600 bits per heavy atom. The first kappa shape index (κ1) is 94.2. The minimum atomic E-state index is 0. The Morgan fingerprint density at radius 1 is 0.600 bits per heavy atom. The molecule has 0 saturated heterocycles. The molecule has 0 radical (unpaired) electrons. The van der Waals surface area contributed by atoms with Crippen LogP contribution in [0.2, 0.25) is 0 Å². The van der Waals surface area contributed by atoms with E-state index in [1.165, 1.54) is 0 Å². The summed E-state index contributed by atoms with van der Waals surface area (Å²) in [5.74, 6) is 0. The average Bonchev–Trinajstić information content (AvgIpc) is 0. The molecular weight excluding hydrogens is 98.0 g/mol. The second-order valence-electron chi connectivity index (χ2n) is 0. The van der Waals surface area contributed by atoms with Gasteiger partial charge in [-0.25, -0.2) is 0 Å². The fraction of sp³-hybridized carbons (Fsp3) is 0. The van der Waals surface area contributed by atoms with Crippen molar-refractivity contribution in [2.24, 2.45) is 0 Å². The zero-order valence-corrected chi connectivity index (χ0v) is 6.07. The second-order valence-corrected chi connectivity index (χ2v) is 0. The Labute approximate surface area is 63.1 Å². The molecular formula is H3AlNaO3+. The molecule has 0 saturated carbocycles. The summed E-state index contributed by atoms with van der Waals surface area (Å²) in [7, 11) is 0. The molecule has 0 aliphatic rings. The van der Waals surface area contributed by atoms with Crippen LogP contribution in [0.25, 0.3) is 0 Å². The Hall–Kier alpha value is 1.41. The van der Waals surface area contributed by atoms with Crippen LogP contribution >= 0.6 is 0 Å². The largest absolute Gasteiger partial charge is 3.00 e. The maximum Gasteiger partial charge on any atom is 3.00 e. The maximum atomic E-state index is 0. The summed E-state index contributed by atoms with van der Waals surface area (Å²) in [6.07, 6.45) is 0. The number of rotatable bonds is 0. The van der Waals surface area contributed by atoms with E-state index in [9.17, 15) is 0 Å². The van der Waals surface area contributed by atoms with Gasteiger partial charge in [0.15, 0.2) is 0 Å². The molecule has 5 heteroatoms. The molecule has 5 heavy (non-hydrogen) atoms. The first-order valence-corrected chi connectivity index (χ1v) is 0. The minimum absolute atomic E-state index is 0. The van der Waals surface area contributed by atoms with Crippen molar-refractivity contribution < 1.29 is 46.0 Å². The molecule has 0 amide bonds. The van der Waals surface area contributed by atoms with Crippen LogP contribution < -0.4 is 29.6 Å². The van der Waals surface area contributed by atoms with Crippen molar-refractivity contribution in [1.82, 2.24) is 0 Å². The molecule has 0 heterocycles. The van der Waals surface area contributed by atoms with Crippen LogP contribution in [-0.4, -0.2) is 33.8 Å². The van der Waals surface area contributed by atoms with E-state index in [1.807, 2.05) is 0 Å². The third kappa shape index (κ3) is 31.6. The Kier molecular flexibility index (Phi) is 995. The van der Waals surface area contributed by atoms with Crippen molar-refractivity contribution >= 4 is 17.4 Å². The van der Waals surface area contributed by atoms with Crippen LogP contribution in [0.5, 0.6) is 0 Å². The van der Waals surface area contributed by atoms with Crippen LogP contribution in [0.1, 0.15) is 0 Å². The molecule has 0 atom stereocenters. The van der Waals surface area contributed by atoms with E-state index in [0.29, 0.717) is 0 Å². The molecule has 0 aromatic carbocycles. The minimum Gasteiger partial charge on any atom is -0.870 e. The third-order valence-electron chi connectivity index (χ3n) is 0. The molecule has 3 N–H and O–H groups in total. The van der Waals surface area contributed by atoms with Gasteiger partial charge >= 0.3 is 46.9 Å². The van der Waals surface area contributed by atoms with E-state index in [1.54, 1.807) is 0 Å². The molecule has 0 rings (SSSR count). The summed E-state index contributed by atoms with van der Waals surface area (Å²) in [5, 5.41) is 0. The predicted molar refractivity (Wildman–Crippen MR) is 11.6 cm³/mol. The fourth-order valence-corrected chi connectivity index (χ4v) is 0. The van der Waals surface area contributed by atoms with Crippen LogP contribution in [0.15, 0.2) is 0 Å². The first-order valence-electron chi connectivity index (χ1n) is 0. The number of hydrogen-bond acceptors (Lipinski definition) is 3. The van der Waals surface area contributed by atoms with Gasteiger partial charge in [-0.2, -0.15) is 0 Å². The Balaban J connectivity index is 0. The summed E-state index contributed by atoms with van der Waals surface area (Å²) < 4.78 is 0. The van der Waals surface area contributed by atoms with Gasteiger partial charge in [0.2, 0.25) is 0 Å². The standard InChI is InChI=1S/Al.Na.3H2O/h;;3*1H2/q+3;+1;;;/p-3. The Morgan fingerprint density at radius 2 is 0.600 bits per heavy atom. The summed E-state index contributed by atoms with van der Waals surface area (Å²) >= 11 is 0. The van der Waals surface area contributed by atoms with Gasteiger partial charge in [-0.05, 0) is 0 Å². The molecule has 0 fully saturated rings. The van der Waals surface area contributed by atoms with Gasteiger partial charge in [-0.3, -0.25) is 0 Å². The van der Waals surface area contributed by atoms with Crippen molar-refractivity contribution in [1.29, 1.82) is 0 Å². The van der Waals surface area contributed by atoms with Gasteiger partial charge in [0.25, 0.3) is 0 Å². The molecule has 24 valence electrons. The van der Waals surface area contributed by atoms with Gasteiger partial charge in [0, 0.05) is 0 Å². The topological polar surface area (TPSA) is 90.0 Å². The van der Waals surface area contributed by atoms with Crippen LogP contribution in [0, 0.1) is 0 Å². The summed E-state index contributed by atoms with van der Waals surface area (Å²) in [6, 6.07) is 0. The predicted octanol–water partition coefficient (Wildman–Crippen LogP) is -3.91. The molecule has 0 aliphatic carbocycles. The van der Waals surface area contributed by atoms with E-state index < -0.39 is 0 Å². The third-order valence-corrected chi connectivity index (χ3v) is 0. The SMILES string of the molecule is [Al+3].[Na+].[OH-].[OH-].[OH-]. The van der Waals surface area contributed by atoms with E-state index in [-0.39, 0.29) is 63.3 Å². The van der Waals surface area contributed by atoms with Gasteiger partial charge in [-0.1, -0.05) is 0 Å². The molecule has 0 aromatic heterocycles. The number of hydrogen-bond donors (Lipinski definition) is 0. The quantitative estimate of drug-likeness (QED) is 0.292. The van der Waals surface area contributed by atoms with Crippen molar-refractivity contribution in [3.05, 3.63) is 0 Å². The summed E-state index contributed by atoms with van der Waals surface area (Å²) in [6.45, 7) is 0. The van der Waals surface area contributed by atoms with Crippen molar-refractivity contribution in [3.63, 3.8) is 0 Å². The van der Waals surface area contributed by atoms with Crippen LogP contribution in [0.4, 0.5) is 0 Å². The van der Waals surface area contributed by atoms with Gasteiger partial charge in [0.1, 0.15) is 0 Å². The van der Waals surface area contributed by atoms with Crippen LogP contribution in [-0.2, 0) is 0 Å². The molecule has 0 bridgehead atoms. The summed E-state index contributed by atoms with van der Waals surface area (Å²) in [4.78, 5) is 0. The Bertz CT molecular complexity index is 6.85. The zero-order chi connectivity index (χ0) is 0. The summed E-state index contributed by atoms with van der Waals surface area (Å²) in [5.41, 5.74) is 0. The smallest absolute Gasteiger partial charge is 0.870 e. The van der Waals surface area contributed by atoms with Crippen molar-refractivity contribution in [3.8, 4) is 0 Å². The first-order chi connectivity index (χ1) is 0. The molecule has 0 unspecified atom stereocenters.